The number of fused-ring (bicyclic) bond motifs is 1. The average molecular weight is 463 g/mol. The first-order valence-corrected chi connectivity index (χ1v) is 10.3. The zero-order chi connectivity index (χ0) is 24.3. The number of ether oxygens (including phenoxy) is 3. The molecule has 0 N–H and O–H groups in total. The lowest BCUT2D eigenvalue weighted by molar-refractivity contribution is -0.274. The van der Waals surface area contributed by atoms with E-state index < -0.39 is 24.0 Å². The minimum Gasteiger partial charge on any atom is -0.497 e. The van der Waals surface area contributed by atoms with E-state index in [9.17, 15) is 22.8 Å². The second kappa shape index (κ2) is 9.56. The molecule has 0 aliphatic carbocycles. The minimum atomic E-state index is -4.82. The van der Waals surface area contributed by atoms with Crippen LogP contribution in [0.3, 0.4) is 0 Å². The van der Waals surface area contributed by atoms with Crippen LogP contribution >= 0.6 is 0 Å². The topological polar surface area (TPSA) is 66.8 Å². The van der Waals surface area contributed by atoms with Crippen LogP contribution < -0.4 is 9.47 Å². The fourth-order valence-corrected chi connectivity index (χ4v) is 3.50. The molecule has 0 aliphatic heterocycles. The van der Waals surface area contributed by atoms with Crippen molar-refractivity contribution in [3.05, 3.63) is 59.3 Å². The summed E-state index contributed by atoms with van der Waals surface area (Å²) in [6.45, 7) is 5.41. The van der Waals surface area contributed by atoms with E-state index >= 15 is 0 Å². The Morgan fingerprint density at radius 3 is 2.27 bits per heavy atom. The van der Waals surface area contributed by atoms with Gasteiger partial charge in [-0.05, 0) is 68.3 Å². The highest BCUT2D eigenvalue weighted by Crippen LogP contribution is 2.31. The molecule has 0 radical (unpaired) electrons. The molecule has 0 saturated carbocycles. The second-order valence-electron chi connectivity index (χ2n) is 7.55. The van der Waals surface area contributed by atoms with Crippen LogP contribution in [0.25, 0.3) is 10.9 Å². The van der Waals surface area contributed by atoms with Gasteiger partial charge in [0.1, 0.15) is 11.5 Å². The molecule has 2 aromatic carbocycles. The van der Waals surface area contributed by atoms with Gasteiger partial charge >= 0.3 is 12.3 Å². The number of hydrogen-bond acceptors (Lipinski definition) is 5. The van der Waals surface area contributed by atoms with Gasteiger partial charge in [-0.1, -0.05) is 6.92 Å². The van der Waals surface area contributed by atoms with Gasteiger partial charge in [-0.2, -0.15) is 0 Å². The van der Waals surface area contributed by atoms with E-state index in [2.05, 4.69) is 4.74 Å². The fraction of sp³-hybridized carbons (Fsp3) is 0.333. The number of carbonyl (C=O) groups is 2. The molecule has 0 bridgehead atoms. The number of nitrogens with zero attached hydrogens (tertiary/aromatic N) is 1. The molecule has 1 atom stereocenters. The lowest BCUT2D eigenvalue weighted by atomic mass is 10.1. The summed E-state index contributed by atoms with van der Waals surface area (Å²) >= 11 is 0. The normalized spacial score (nSPS) is 12.5. The fourth-order valence-electron chi connectivity index (χ4n) is 3.50. The number of rotatable bonds is 7. The maximum atomic E-state index is 13.3. The summed E-state index contributed by atoms with van der Waals surface area (Å²) in [5, 5.41) is 0.651. The quantitative estimate of drug-likeness (QED) is 0.437. The maximum Gasteiger partial charge on any atom is 0.573 e. The van der Waals surface area contributed by atoms with E-state index in [4.69, 9.17) is 9.47 Å². The molecule has 176 valence electrons. The monoisotopic (exact) mass is 463 g/mol. The van der Waals surface area contributed by atoms with Gasteiger partial charge in [0.2, 0.25) is 0 Å². The van der Waals surface area contributed by atoms with Crippen molar-refractivity contribution in [1.82, 2.24) is 4.57 Å². The van der Waals surface area contributed by atoms with Gasteiger partial charge in [0.25, 0.3) is 5.91 Å². The number of aromatic nitrogens is 1. The molecule has 6 nitrogen and oxygen atoms in total. The van der Waals surface area contributed by atoms with E-state index in [0.717, 1.165) is 12.1 Å². The number of alkyl halides is 3. The minimum absolute atomic E-state index is 0.0432. The molecule has 1 aromatic heterocycles. The number of methoxy groups -OCH3 is 1. The molecule has 0 unspecified atom stereocenters. The molecule has 0 saturated heterocycles. The van der Waals surface area contributed by atoms with Crippen LogP contribution in [0.4, 0.5) is 13.2 Å². The Bertz CT molecular complexity index is 1170. The van der Waals surface area contributed by atoms with Crippen molar-refractivity contribution >= 4 is 22.8 Å². The largest absolute Gasteiger partial charge is 0.573 e. The summed E-state index contributed by atoms with van der Waals surface area (Å²) in [4.78, 5) is 25.8. The lowest BCUT2D eigenvalue weighted by Gasteiger charge is -2.11. The maximum absolute atomic E-state index is 13.3. The third kappa shape index (κ3) is 5.47. The van der Waals surface area contributed by atoms with Crippen molar-refractivity contribution in [2.45, 2.75) is 46.1 Å². The highest BCUT2D eigenvalue weighted by Gasteiger charge is 2.31. The van der Waals surface area contributed by atoms with E-state index in [-0.39, 0.29) is 18.1 Å². The summed E-state index contributed by atoms with van der Waals surface area (Å²) < 4.78 is 53.3. The molecule has 0 amide bonds. The molecular weight excluding hydrogens is 439 g/mol. The number of hydrogen-bond donors (Lipinski definition) is 0. The summed E-state index contributed by atoms with van der Waals surface area (Å²) in [6, 6.07) is 9.80. The number of benzene rings is 2. The standard InChI is InChI=1S/C24H24F3NO5/c1-5-14(2)32-22(29)13-19-15(3)28(21-11-10-18(31-4)12-20(19)21)23(30)16-6-8-17(9-7-16)33-24(25,26)27/h6-12,14H,5,13H2,1-4H3/t14-/m1/s1. The van der Waals surface area contributed by atoms with Gasteiger partial charge in [-0.3, -0.25) is 14.2 Å². The van der Waals surface area contributed by atoms with Crippen LogP contribution in [-0.4, -0.2) is 36.0 Å². The Morgan fingerprint density at radius 2 is 1.70 bits per heavy atom. The Kier molecular flexibility index (Phi) is 7.00. The smallest absolute Gasteiger partial charge is 0.497 e. The van der Waals surface area contributed by atoms with E-state index in [1.165, 1.54) is 23.8 Å². The Labute approximate surface area is 188 Å². The summed E-state index contributed by atoms with van der Waals surface area (Å²) in [7, 11) is 1.51. The van der Waals surface area contributed by atoms with Gasteiger partial charge in [0.05, 0.1) is 25.2 Å². The van der Waals surface area contributed by atoms with Crippen molar-refractivity contribution in [1.29, 1.82) is 0 Å². The molecule has 3 rings (SSSR count). The molecule has 0 aliphatic rings. The number of esters is 1. The van der Waals surface area contributed by atoms with E-state index in [0.29, 0.717) is 34.3 Å². The second-order valence-corrected chi connectivity index (χ2v) is 7.55. The summed E-state index contributed by atoms with van der Waals surface area (Å²) in [5.41, 5.74) is 1.84. The Hall–Kier alpha value is -3.49. The first kappa shape index (κ1) is 24.2. The molecule has 0 spiro atoms. The molecule has 3 aromatic rings. The van der Waals surface area contributed by atoms with Gasteiger partial charge in [-0.15, -0.1) is 13.2 Å². The number of carbonyl (C=O) groups excluding carboxylic acids is 2. The molecule has 9 heteroatoms. The van der Waals surface area contributed by atoms with Crippen molar-refractivity contribution < 1.29 is 37.0 Å². The van der Waals surface area contributed by atoms with Gasteiger partial charge in [-0.25, -0.2) is 0 Å². The summed E-state index contributed by atoms with van der Waals surface area (Å²) in [5.74, 6) is -0.748. The summed E-state index contributed by atoms with van der Waals surface area (Å²) in [6.07, 6.45) is -4.43. The zero-order valence-corrected chi connectivity index (χ0v) is 18.7. The van der Waals surface area contributed by atoms with Crippen LogP contribution in [0.1, 0.15) is 41.9 Å². The highest BCUT2D eigenvalue weighted by molar-refractivity contribution is 6.05. The third-order valence-corrected chi connectivity index (χ3v) is 5.31. The van der Waals surface area contributed by atoms with Crippen LogP contribution in [0, 0.1) is 6.92 Å². The van der Waals surface area contributed by atoms with Crippen LogP contribution in [0.2, 0.25) is 0 Å². The average Bonchev–Trinajstić information content (AvgIpc) is 3.03. The zero-order valence-electron chi connectivity index (χ0n) is 18.7. The van der Waals surface area contributed by atoms with Gasteiger partial charge in [0, 0.05) is 16.6 Å². The highest BCUT2D eigenvalue weighted by atomic mass is 19.4. The predicted octanol–water partition coefficient (Wildman–Crippen LogP) is 5.43. The van der Waals surface area contributed by atoms with Crippen LogP contribution in [-0.2, 0) is 16.0 Å². The Morgan fingerprint density at radius 1 is 1.06 bits per heavy atom. The first-order valence-electron chi connectivity index (χ1n) is 10.3. The predicted molar refractivity (Wildman–Crippen MR) is 116 cm³/mol. The van der Waals surface area contributed by atoms with Crippen LogP contribution in [0.5, 0.6) is 11.5 Å². The van der Waals surface area contributed by atoms with Crippen LogP contribution in [0.15, 0.2) is 42.5 Å². The van der Waals surface area contributed by atoms with E-state index in [1.807, 2.05) is 6.92 Å². The SMILES string of the molecule is CC[C@@H](C)OC(=O)Cc1c(C)n(C(=O)c2ccc(OC(F)(F)F)cc2)c2ccc(OC)cc12. The van der Waals surface area contributed by atoms with Gasteiger partial charge in [0.15, 0.2) is 0 Å². The third-order valence-electron chi connectivity index (χ3n) is 5.31. The van der Waals surface area contributed by atoms with Crippen molar-refractivity contribution in [2.24, 2.45) is 0 Å². The molecule has 33 heavy (non-hydrogen) atoms. The van der Waals surface area contributed by atoms with E-state index in [1.54, 1.807) is 32.0 Å². The molecule has 1 heterocycles. The lowest BCUT2D eigenvalue weighted by Crippen LogP contribution is -2.18. The molecule has 0 fully saturated rings. The van der Waals surface area contributed by atoms with Crippen molar-refractivity contribution in [3.63, 3.8) is 0 Å². The van der Waals surface area contributed by atoms with Crippen molar-refractivity contribution in [2.75, 3.05) is 7.11 Å². The molecular formula is C24H24F3NO5. The Balaban J connectivity index is 2.02. The number of halogens is 3. The van der Waals surface area contributed by atoms with Gasteiger partial charge < -0.3 is 14.2 Å². The first-order chi connectivity index (χ1) is 15.5. The van der Waals surface area contributed by atoms with Crippen molar-refractivity contribution in [3.8, 4) is 11.5 Å².